The maximum absolute atomic E-state index is 13.2. The van der Waals surface area contributed by atoms with Gasteiger partial charge in [0.2, 0.25) is 0 Å². The molecule has 0 N–H and O–H groups in total. The van der Waals surface area contributed by atoms with Gasteiger partial charge in [-0.3, -0.25) is 9.10 Å². The molecule has 0 bridgehead atoms. The number of carbonyl (C=O) groups excluding carboxylic acids is 1. The third-order valence-electron chi connectivity index (χ3n) is 5.67. The molecule has 0 spiro atoms. The molecule has 2 aliphatic rings. The molecule has 0 aliphatic carbocycles. The van der Waals surface area contributed by atoms with Gasteiger partial charge >= 0.3 is 0 Å². The Morgan fingerprint density at radius 3 is 2.32 bits per heavy atom. The molecule has 1 saturated heterocycles. The van der Waals surface area contributed by atoms with Gasteiger partial charge in [0.15, 0.2) is 0 Å². The molecule has 1 amide bonds. The van der Waals surface area contributed by atoms with Crippen LogP contribution in [0.3, 0.4) is 0 Å². The number of amides is 1. The zero-order valence-electron chi connectivity index (χ0n) is 16.2. The van der Waals surface area contributed by atoms with Crippen LogP contribution in [0, 0.1) is 0 Å². The lowest BCUT2D eigenvalue weighted by molar-refractivity contribution is 0.0761. The first-order chi connectivity index (χ1) is 13.5. The van der Waals surface area contributed by atoms with E-state index in [1.54, 1.807) is 42.5 Å². The van der Waals surface area contributed by atoms with Crippen LogP contribution in [0.25, 0.3) is 0 Å². The predicted molar refractivity (Wildman–Crippen MR) is 110 cm³/mol. The van der Waals surface area contributed by atoms with E-state index >= 15 is 0 Å². The summed E-state index contributed by atoms with van der Waals surface area (Å²) in [5.41, 5.74) is 2.27. The van der Waals surface area contributed by atoms with Gasteiger partial charge < -0.3 is 4.90 Å². The van der Waals surface area contributed by atoms with Crippen LogP contribution < -0.4 is 4.31 Å². The molecule has 2 aliphatic heterocycles. The summed E-state index contributed by atoms with van der Waals surface area (Å²) in [4.78, 5) is 15.2. The van der Waals surface area contributed by atoms with Crippen molar-refractivity contribution >= 4 is 21.6 Å². The van der Waals surface area contributed by atoms with E-state index in [1.165, 1.54) is 17.1 Å². The molecular weight excluding hydrogens is 372 g/mol. The summed E-state index contributed by atoms with van der Waals surface area (Å²) in [5, 5.41) is 0. The Kier molecular flexibility index (Phi) is 5.15. The van der Waals surface area contributed by atoms with Crippen molar-refractivity contribution in [2.75, 3.05) is 17.4 Å². The van der Waals surface area contributed by atoms with Crippen LogP contribution in [-0.2, 0) is 16.4 Å². The lowest BCUT2D eigenvalue weighted by Crippen LogP contribution is -2.35. The minimum atomic E-state index is -3.62. The van der Waals surface area contributed by atoms with Crippen molar-refractivity contribution in [3.63, 3.8) is 0 Å². The average molecular weight is 399 g/mol. The maximum Gasteiger partial charge on any atom is 0.264 e. The number of likely N-dealkylation sites (tertiary alicyclic amines) is 1. The second-order valence-electron chi connectivity index (χ2n) is 7.72. The molecule has 0 unspecified atom stereocenters. The quantitative estimate of drug-likeness (QED) is 0.789. The van der Waals surface area contributed by atoms with E-state index in [2.05, 4.69) is 0 Å². The lowest BCUT2D eigenvalue weighted by Gasteiger charge is -2.24. The van der Waals surface area contributed by atoms with E-state index in [0.717, 1.165) is 31.5 Å². The Morgan fingerprint density at radius 2 is 1.64 bits per heavy atom. The Balaban J connectivity index is 1.64. The predicted octanol–water partition coefficient (Wildman–Crippen LogP) is 3.84. The molecule has 0 saturated carbocycles. The molecule has 0 aromatic heterocycles. The van der Waals surface area contributed by atoms with Crippen molar-refractivity contribution < 1.29 is 13.2 Å². The Labute approximate surface area is 167 Å². The first-order valence-corrected chi connectivity index (χ1v) is 11.4. The Morgan fingerprint density at radius 1 is 0.964 bits per heavy atom. The minimum Gasteiger partial charge on any atom is -0.339 e. The van der Waals surface area contributed by atoms with Crippen molar-refractivity contribution in [3.8, 4) is 0 Å². The molecular formula is C22H26N2O3S. The lowest BCUT2D eigenvalue weighted by atomic mass is 10.1. The summed E-state index contributed by atoms with van der Waals surface area (Å²) < 4.78 is 27.8. The van der Waals surface area contributed by atoms with Gasteiger partial charge in [0.25, 0.3) is 15.9 Å². The topological polar surface area (TPSA) is 57.7 Å². The zero-order valence-corrected chi connectivity index (χ0v) is 17.0. The number of hydrogen-bond acceptors (Lipinski definition) is 3. The Hall–Kier alpha value is -2.34. The highest BCUT2D eigenvalue weighted by Crippen LogP contribution is 2.37. The van der Waals surface area contributed by atoms with Crippen molar-refractivity contribution in [2.45, 2.75) is 50.0 Å². The third-order valence-corrected chi connectivity index (χ3v) is 7.62. The number of carbonyl (C=O) groups is 1. The molecule has 5 nitrogen and oxygen atoms in total. The smallest absolute Gasteiger partial charge is 0.264 e. The number of hydrogen-bond donors (Lipinski definition) is 0. The normalized spacial score (nSPS) is 20.0. The molecule has 0 radical (unpaired) electrons. The number of fused-ring (bicyclic) bond motifs is 1. The van der Waals surface area contributed by atoms with E-state index in [4.69, 9.17) is 0 Å². The standard InChI is InChI=1S/C22H26N2O3S/c1-17-15-19-16-18(22(25)23-13-7-2-3-8-14-23)11-12-21(19)24(17)28(26,27)20-9-5-4-6-10-20/h4-6,9-12,16-17H,2-3,7-8,13-15H2,1H3/t17-/m0/s1. The molecule has 1 atom stereocenters. The van der Waals surface area contributed by atoms with Crippen molar-refractivity contribution in [1.29, 1.82) is 0 Å². The highest BCUT2D eigenvalue weighted by Gasteiger charge is 2.36. The molecule has 2 heterocycles. The summed E-state index contributed by atoms with van der Waals surface area (Å²) in [6.07, 6.45) is 5.08. The summed E-state index contributed by atoms with van der Waals surface area (Å²) in [6, 6.07) is 13.8. The maximum atomic E-state index is 13.2. The Bertz CT molecular complexity index is 965. The zero-order chi connectivity index (χ0) is 19.7. The van der Waals surface area contributed by atoms with Gasteiger partial charge in [-0.15, -0.1) is 0 Å². The summed E-state index contributed by atoms with van der Waals surface area (Å²) in [5.74, 6) is 0.0571. The monoisotopic (exact) mass is 398 g/mol. The third kappa shape index (κ3) is 3.41. The van der Waals surface area contributed by atoms with Gasteiger partial charge in [-0.1, -0.05) is 31.0 Å². The van der Waals surface area contributed by atoms with Crippen molar-refractivity contribution in [1.82, 2.24) is 4.90 Å². The minimum absolute atomic E-state index is 0.0571. The van der Waals surface area contributed by atoms with Crippen LogP contribution >= 0.6 is 0 Å². The van der Waals surface area contributed by atoms with Gasteiger partial charge in [0.1, 0.15) is 0 Å². The second-order valence-corrected chi connectivity index (χ2v) is 9.53. The molecule has 4 rings (SSSR count). The van der Waals surface area contributed by atoms with Gasteiger partial charge in [-0.05, 0) is 62.1 Å². The summed E-state index contributed by atoms with van der Waals surface area (Å²) >= 11 is 0. The number of anilines is 1. The molecule has 148 valence electrons. The fraction of sp³-hybridized carbons (Fsp3) is 0.409. The van der Waals surface area contributed by atoms with Crippen LogP contribution in [0.15, 0.2) is 53.4 Å². The number of nitrogens with zero attached hydrogens (tertiary/aromatic N) is 2. The summed E-state index contributed by atoms with van der Waals surface area (Å²) in [7, 11) is -3.62. The largest absolute Gasteiger partial charge is 0.339 e. The van der Waals surface area contributed by atoms with Gasteiger partial charge in [0, 0.05) is 24.7 Å². The summed E-state index contributed by atoms with van der Waals surface area (Å²) in [6.45, 7) is 3.53. The van der Waals surface area contributed by atoms with Crippen LogP contribution in [0.4, 0.5) is 5.69 Å². The van der Waals surface area contributed by atoms with E-state index in [0.29, 0.717) is 22.6 Å². The van der Waals surface area contributed by atoms with Crippen LogP contribution in [0.1, 0.15) is 48.5 Å². The van der Waals surface area contributed by atoms with Crippen LogP contribution in [-0.4, -0.2) is 38.4 Å². The molecule has 28 heavy (non-hydrogen) atoms. The molecule has 2 aromatic rings. The SMILES string of the molecule is C[C@H]1Cc2cc(C(=O)N3CCCCCC3)ccc2N1S(=O)(=O)c1ccccc1. The number of sulfonamides is 1. The van der Waals surface area contributed by atoms with Crippen molar-refractivity contribution in [2.24, 2.45) is 0 Å². The van der Waals surface area contributed by atoms with E-state index < -0.39 is 10.0 Å². The van der Waals surface area contributed by atoms with Gasteiger partial charge in [-0.2, -0.15) is 0 Å². The molecule has 1 fully saturated rings. The van der Waals surface area contributed by atoms with Crippen LogP contribution in [0.5, 0.6) is 0 Å². The molecule has 2 aromatic carbocycles. The second kappa shape index (κ2) is 7.59. The molecule has 6 heteroatoms. The fourth-order valence-corrected chi connectivity index (χ4v) is 5.98. The fourth-order valence-electron chi connectivity index (χ4n) is 4.26. The first-order valence-electron chi connectivity index (χ1n) is 10.00. The van der Waals surface area contributed by atoms with E-state index in [9.17, 15) is 13.2 Å². The van der Waals surface area contributed by atoms with E-state index in [1.807, 2.05) is 17.9 Å². The number of rotatable bonds is 3. The van der Waals surface area contributed by atoms with E-state index in [-0.39, 0.29) is 11.9 Å². The van der Waals surface area contributed by atoms with Crippen molar-refractivity contribution in [3.05, 3.63) is 59.7 Å². The highest BCUT2D eigenvalue weighted by atomic mass is 32.2. The van der Waals surface area contributed by atoms with Gasteiger partial charge in [0.05, 0.1) is 10.6 Å². The first kappa shape index (κ1) is 19.0. The highest BCUT2D eigenvalue weighted by molar-refractivity contribution is 7.92. The van der Waals surface area contributed by atoms with Gasteiger partial charge in [-0.25, -0.2) is 8.42 Å². The van der Waals surface area contributed by atoms with Crippen LogP contribution in [0.2, 0.25) is 0 Å². The average Bonchev–Trinajstić information content (AvgIpc) is 2.85. The number of benzene rings is 2.